The van der Waals surface area contributed by atoms with Crippen molar-refractivity contribution < 1.29 is 27.1 Å². The Balaban J connectivity index is 1.60. The molecule has 0 saturated carbocycles. The van der Waals surface area contributed by atoms with Crippen LogP contribution < -0.4 is 10.1 Å². The Kier molecular flexibility index (Phi) is 5.74. The molecule has 158 valence electrons. The summed E-state index contributed by atoms with van der Waals surface area (Å²) in [6.07, 6.45) is 1.47. The maximum atomic E-state index is 14.4. The Bertz CT molecular complexity index is 1210. The van der Waals surface area contributed by atoms with E-state index in [9.17, 15) is 13.6 Å². The van der Waals surface area contributed by atoms with Gasteiger partial charge in [0.05, 0.1) is 17.5 Å². The molecule has 2 aromatic heterocycles. The molecule has 9 heteroatoms. The number of hydrogen-bond acceptors (Lipinski definition) is 6. The van der Waals surface area contributed by atoms with Crippen LogP contribution in [0.25, 0.3) is 23.1 Å². The second-order valence-corrected chi connectivity index (χ2v) is 6.58. The predicted molar refractivity (Wildman–Crippen MR) is 108 cm³/mol. The monoisotopic (exact) mass is 425 g/mol. The van der Waals surface area contributed by atoms with Gasteiger partial charge in [-0.05, 0) is 49.4 Å². The number of alkyl halides is 1. The summed E-state index contributed by atoms with van der Waals surface area (Å²) in [7, 11) is 0. The number of carbonyl (C=O) groups is 1. The van der Waals surface area contributed by atoms with Crippen molar-refractivity contribution in [2.24, 2.45) is 0 Å². The lowest BCUT2D eigenvalue weighted by Crippen LogP contribution is -2.15. The smallest absolute Gasteiger partial charge is 0.283 e. The van der Waals surface area contributed by atoms with Gasteiger partial charge in [0, 0.05) is 5.56 Å². The zero-order chi connectivity index (χ0) is 21.8. The van der Waals surface area contributed by atoms with Crippen LogP contribution in [0.2, 0.25) is 0 Å². The van der Waals surface area contributed by atoms with Crippen LogP contribution in [0.4, 0.5) is 14.5 Å². The van der Waals surface area contributed by atoms with Gasteiger partial charge in [0.15, 0.2) is 5.76 Å². The van der Waals surface area contributed by atoms with E-state index in [0.29, 0.717) is 11.3 Å². The molecule has 2 aromatic carbocycles. The van der Waals surface area contributed by atoms with Crippen molar-refractivity contribution in [1.82, 2.24) is 10.2 Å². The van der Waals surface area contributed by atoms with Gasteiger partial charge >= 0.3 is 0 Å². The summed E-state index contributed by atoms with van der Waals surface area (Å²) in [6.45, 7) is 0.904. The first-order valence-corrected chi connectivity index (χ1v) is 9.33. The quantitative estimate of drug-likeness (QED) is 0.446. The number of carbonyl (C=O) groups excluding carboxylic acids is 1. The Labute approximate surface area is 175 Å². The van der Waals surface area contributed by atoms with Crippen LogP contribution >= 0.6 is 0 Å². The van der Waals surface area contributed by atoms with Crippen LogP contribution in [0.15, 0.2) is 63.6 Å². The number of aryl methyl sites for hydroxylation is 1. The van der Waals surface area contributed by atoms with E-state index in [4.69, 9.17) is 13.6 Å². The second kappa shape index (κ2) is 8.78. The third kappa shape index (κ3) is 4.45. The number of amides is 1. The average molecular weight is 425 g/mol. The molecule has 4 aromatic rings. The highest BCUT2D eigenvalue weighted by molar-refractivity contribution is 6.06. The van der Waals surface area contributed by atoms with Gasteiger partial charge in [0.1, 0.15) is 24.8 Å². The minimum absolute atomic E-state index is 0.0850. The van der Waals surface area contributed by atoms with Crippen LogP contribution in [0.5, 0.6) is 5.75 Å². The number of rotatable bonds is 7. The van der Waals surface area contributed by atoms with Crippen molar-refractivity contribution in [2.45, 2.75) is 6.92 Å². The summed E-state index contributed by atoms with van der Waals surface area (Å²) in [5.41, 5.74) is 1.28. The van der Waals surface area contributed by atoms with Gasteiger partial charge in [-0.25, -0.2) is 8.78 Å². The lowest BCUT2D eigenvalue weighted by atomic mass is 10.1. The van der Waals surface area contributed by atoms with E-state index in [1.807, 2.05) is 0 Å². The fourth-order valence-electron chi connectivity index (χ4n) is 2.88. The molecule has 0 spiro atoms. The average Bonchev–Trinajstić information content (AvgIpc) is 3.46. The first-order valence-electron chi connectivity index (χ1n) is 9.33. The largest absolute Gasteiger partial charge is 0.490 e. The van der Waals surface area contributed by atoms with Gasteiger partial charge < -0.3 is 18.9 Å². The fraction of sp³-hybridized carbons (Fsp3) is 0.136. The van der Waals surface area contributed by atoms with Crippen molar-refractivity contribution in [1.29, 1.82) is 0 Å². The fourth-order valence-corrected chi connectivity index (χ4v) is 2.88. The molecule has 7 nitrogen and oxygen atoms in total. The zero-order valence-electron chi connectivity index (χ0n) is 16.4. The number of nitrogens with one attached hydrogen (secondary N) is 1. The van der Waals surface area contributed by atoms with E-state index < -0.39 is 18.4 Å². The lowest BCUT2D eigenvalue weighted by molar-refractivity contribution is 0.102. The standard InChI is InChI=1S/C22H17F2N3O4/c1-13-4-7-18(30-10-8-23)15(11-13)20(28)25-17-12-14(5-6-16(17)24)21-26-27-22(31-21)19-3-2-9-29-19/h2-7,9,11-12H,8,10H2,1H3,(H,25,28). The van der Waals surface area contributed by atoms with Gasteiger partial charge in [0.2, 0.25) is 5.89 Å². The molecule has 0 unspecified atom stereocenters. The van der Waals surface area contributed by atoms with E-state index in [2.05, 4.69) is 15.5 Å². The number of halogens is 2. The SMILES string of the molecule is Cc1ccc(OCCF)c(C(=O)Nc2cc(-c3nnc(-c4ccco4)o3)ccc2F)c1. The topological polar surface area (TPSA) is 90.4 Å². The Morgan fingerprint density at radius 2 is 1.97 bits per heavy atom. The molecule has 4 rings (SSSR count). The Morgan fingerprint density at radius 3 is 2.74 bits per heavy atom. The number of benzene rings is 2. The first-order chi connectivity index (χ1) is 15.0. The van der Waals surface area contributed by atoms with E-state index in [-0.39, 0.29) is 35.4 Å². The van der Waals surface area contributed by atoms with Gasteiger partial charge in [-0.2, -0.15) is 0 Å². The summed E-state index contributed by atoms with van der Waals surface area (Å²) < 4.78 is 43.0. The predicted octanol–water partition coefficient (Wildman–Crippen LogP) is 5.04. The van der Waals surface area contributed by atoms with Crippen molar-refractivity contribution in [3.8, 4) is 28.9 Å². The number of aromatic nitrogens is 2. The molecule has 0 fully saturated rings. The maximum absolute atomic E-state index is 14.4. The molecule has 0 aliphatic carbocycles. The van der Waals surface area contributed by atoms with Crippen LogP contribution in [-0.2, 0) is 0 Å². The first kappa shape index (κ1) is 20.3. The second-order valence-electron chi connectivity index (χ2n) is 6.58. The van der Waals surface area contributed by atoms with E-state index in [1.165, 1.54) is 24.5 Å². The molecule has 0 saturated heterocycles. The normalized spacial score (nSPS) is 10.8. The third-order valence-corrected chi connectivity index (χ3v) is 4.33. The Hall–Kier alpha value is -4.01. The molecule has 0 atom stereocenters. The summed E-state index contributed by atoms with van der Waals surface area (Å²) in [5, 5.41) is 10.4. The summed E-state index contributed by atoms with van der Waals surface area (Å²) in [4.78, 5) is 12.8. The summed E-state index contributed by atoms with van der Waals surface area (Å²) in [6, 6.07) is 12.2. The van der Waals surface area contributed by atoms with Crippen LogP contribution in [0, 0.1) is 12.7 Å². The number of hydrogen-bond donors (Lipinski definition) is 1. The number of anilines is 1. The summed E-state index contributed by atoms with van der Waals surface area (Å²) in [5.74, 6) is -0.349. The molecule has 1 amide bonds. The molecule has 1 N–H and O–H groups in total. The molecule has 31 heavy (non-hydrogen) atoms. The minimum Gasteiger partial charge on any atom is -0.490 e. The minimum atomic E-state index is -0.699. The lowest BCUT2D eigenvalue weighted by Gasteiger charge is -2.12. The van der Waals surface area contributed by atoms with Crippen LogP contribution in [0.3, 0.4) is 0 Å². The molecular weight excluding hydrogens is 408 g/mol. The van der Waals surface area contributed by atoms with Gasteiger partial charge in [-0.3, -0.25) is 4.79 Å². The molecule has 0 radical (unpaired) electrons. The van der Waals surface area contributed by atoms with Crippen LogP contribution in [0.1, 0.15) is 15.9 Å². The van der Waals surface area contributed by atoms with Crippen molar-refractivity contribution in [3.05, 3.63) is 71.7 Å². The van der Waals surface area contributed by atoms with Gasteiger partial charge in [-0.1, -0.05) is 11.6 Å². The third-order valence-electron chi connectivity index (χ3n) is 4.33. The molecular formula is C22H17F2N3O4. The van der Waals surface area contributed by atoms with Crippen LogP contribution in [-0.4, -0.2) is 29.4 Å². The van der Waals surface area contributed by atoms with E-state index in [1.54, 1.807) is 37.3 Å². The molecule has 0 bridgehead atoms. The van der Waals surface area contributed by atoms with Gasteiger partial charge in [0.25, 0.3) is 11.8 Å². The number of furan rings is 1. The van der Waals surface area contributed by atoms with Gasteiger partial charge in [-0.15, -0.1) is 10.2 Å². The highest BCUT2D eigenvalue weighted by Gasteiger charge is 2.18. The number of nitrogens with zero attached hydrogens (tertiary/aromatic N) is 2. The van der Waals surface area contributed by atoms with Crippen molar-refractivity contribution >= 4 is 11.6 Å². The van der Waals surface area contributed by atoms with Crippen molar-refractivity contribution in [2.75, 3.05) is 18.6 Å². The molecule has 0 aliphatic heterocycles. The number of ether oxygens (including phenoxy) is 1. The molecule has 0 aliphatic rings. The molecule has 2 heterocycles. The van der Waals surface area contributed by atoms with Crippen molar-refractivity contribution in [3.63, 3.8) is 0 Å². The Morgan fingerprint density at radius 1 is 1.13 bits per heavy atom. The summed E-state index contributed by atoms with van der Waals surface area (Å²) >= 11 is 0. The maximum Gasteiger partial charge on any atom is 0.283 e. The zero-order valence-corrected chi connectivity index (χ0v) is 16.4. The van der Waals surface area contributed by atoms with E-state index >= 15 is 0 Å². The van der Waals surface area contributed by atoms with E-state index in [0.717, 1.165) is 5.56 Å². The highest BCUT2D eigenvalue weighted by atomic mass is 19.1. The highest BCUT2D eigenvalue weighted by Crippen LogP contribution is 2.28.